The van der Waals surface area contributed by atoms with Crippen LogP contribution in [0.1, 0.15) is 24.2 Å². The molecule has 0 aliphatic carbocycles. The molecule has 0 bridgehead atoms. The number of nitrogens with zero attached hydrogens (tertiary/aromatic N) is 1. The van der Waals surface area contributed by atoms with E-state index in [1.807, 2.05) is 30.3 Å². The van der Waals surface area contributed by atoms with Crippen LogP contribution >= 0.6 is 35.0 Å². The Morgan fingerprint density at radius 3 is 2.81 bits per heavy atom. The van der Waals surface area contributed by atoms with Crippen LogP contribution in [-0.4, -0.2) is 36.2 Å². The molecule has 4 nitrogen and oxygen atoms in total. The smallest absolute Gasteiger partial charge is 0.224 e. The predicted octanol–water partition coefficient (Wildman–Crippen LogP) is 4.85. The molecule has 27 heavy (non-hydrogen) atoms. The zero-order valence-electron chi connectivity index (χ0n) is 15.1. The highest BCUT2D eigenvalue weighted by Crippen LogP contribution is 2.27. The van der Waals surface area contributed by atoms with Gasteiger partial charge >= 0.3 is 0 Å². The number of hydrogen-bond acceptors (Lipinski definition) is 4. The summed E-state index contributed by atoms with van der Waals surface area (Å²) in [5.74, 6) is 2.84. The first-order valence-corrected chi connectivity index (χ1v) is 11.1. The Kier molecular flexibility index (Phi) is 7.94. The van der Waals surface area contributed by atoms with Gasteiger partial charge in [0.25, 0.3) is 0 Å². The molecule has 1 atom stereocenters. The normalized spacial score (nSPS) is 17.8. The quantitative estimate of drug-likeness (QED) is 0.612. The first kappa shape index (κ1) is 20.6. The van der Waals surface area contributed by atoms with Gasteiger partial charge in [0.15, 0.2) is 0 Å². The molecular weight excluding hydrogens is 403 g/mol. The fourth-order valence-electron chi connectivity index (χ4n) is 3.28. The minimum atomic E-state index is 0.0232. The molecule has 1 aliphatic rings. The Morgan fingerprint density at radius 1 is 1.26 bits per heavy atom. The first-order chi connectivity index (χ1) is 13.1. The lowest BCUT2D eigenvalue weighted by Gasteiger charge is -2.32. The maximum atomic E-state index is 12.5. The number of likely N-dealkylation sites (tertiary alicyclic amines) is 1. The predicted molar refractivity (Wildman–Crippen MR) is 112 cm³/mol. The average Bonchev–Trinajstić information content (AvgIpc) is 3.18. The van der Waals surface area contributed by atoms with Crippen LogP contribution in [-0.2, 0) is 17.1 Å². The van der Waals surface area contributed by atoms with Crippen LogP contribution in [0.15, 0.2) is 41.0 Å². The summed E-state index contributed by atoms with van der Waals surface area (Å²) in [7, 11) is 0. The SMILES string of the molecule is O=C(NCCSCc1ccco1)C1CCCN(Cc2c(Cl)cccc2Cl)C1. The van der Waals surface area contributed by atoms with Gasteiger partial charge in [-0.05, 0) is 43.7 Å². The van der Waals surface area contributed by atoms with E-state index >= 15 is 0 Å². The van der Waals surface area contributed by atoms with E-state index in [1.54, 1.807) is 18.0 Å². The van der Waals surface area contributed by atoms with Crippen LogP contribution in [0.4, 0.5) is 0 Å². The van der Waals surface area contributed by atoms with E-state index in [1.165, 1.54) is 0 Å². The number of carbonyl (C=O) groups excluding carboxylic acids is 1. The van der Waals surface area contributed by atoms with Crippen molar-refractivity contribution in [3.8, 4) is 0 Å². The number of nitrogens with one attached hydrogen (secondary N) is 1. The summed E-state index contributed by atoms with van der Waals surface area (Å²) < 4.78 is 5.30. The van der Waals surface area contributed by atoms with E-state index in [0.717, 1.165) is 48.8 Å². The molecule has 0 radical (unpaired) electrons. The van der Waals surface area contributed by atoms with Gasteiger partial charge in [-0.25, -0.2) is 0 Å². The number of benzene rings is 1. The average molecular weight is 427 g/mol. The van der Waals surface area contributed by atoms with Gasteiger partial charge in [0, 0.05) is 41.0 Å². The molecule has 7 heteroatoms. The topological polar surface area (TPSA) is 45.5 Å². The van der Waals surface area contributed by atoms with Crippen molar-refractivity contribution in [3.05, 3.63) is 58.0 Å². The second kappa shape index (κ2) is 10.4. The zero-order chi connectivity index (χ0) is 19.1. The Labute approximate surface area is 174 Å². The van der Waals surface area contributed by atoms with Crippen LogP contribution in [0.3, 0.4) is 0 Å². The molecule has 2 aromatic rings. The molecule has 1 unspecified atom stereocenters. The second-order valence-corrected chi connectivity index (χ2v) is 8.62. The van der Waals surface area contributed by atoms with Crippen molar-refractivity contribution < 1.29 is 9.21 Å². The van der Waals surface area contributed by atoms with Gasteiger partial charge in [-0.15, -0.1) is 0 Å². The van der Waals surface area contributed by atoms with E-state index < -0.39 is 0 Å². The number of halogens is 2. The van der Waals surface area contributed by atoms with Gasteiger partial charge in [0.05, 0.1) is 17.9 Å². The van der Waals surface area contributed by atoms with E-state index in [9.17, 15) is 4.79 Å². The molecule has 146 valence electrons. The van der Waals surface area contributed by atoms with E-state index in [4.69, 9.17) is 27.6 Å². The molecule has 1 aromatic carbocycles. The Balaban J connectivity index is 1.41. The highest BCUT2D eigenvalue weighted by molar-refractivity contribution is 7.98. The summed E-state index contributed by atoms with van der Waals surface area (Å²) in [6, 6.07) is 9.43. The number of piperidine rings is 1. The third-order valence-corrected chi connectivity index (χ3v) is 6.38. The van der Waals surface area contributed by atoms with Gasteiger partial charge in [-0.1, -0.05) is 29.3 Å². The minimum Gasteiger partial charge on any atom is -0.468 e. The molecule has 1 saturated heterocycles. The van der Waals surface area contributed by atoms with E-state index in [-0.39, 0.29) is 11.8 Å². The van der Waals surface area contributed by atoms with Crippen molar-refractivity contribution in [2.24, 2.45) is 5.92 Å². The minimum absolute atomic E-state index is 0.0232. The number of hydrogen-bond donors (Lipinski definition) is 1. The number of carbonyl (C=O) groups is 1. The maximum absolute atomic E-state index is 12.5. The fraction of sp³-hybridized carbons (Fsp3) is 0.450. The number of rotatable bonds is 8. The van der Waals surface area contributed by atoms with E-state index in [2.05, 4.69) is 10.2 Å². The number of amides is 1. The van der Waals surface area contributed by atoms with Crippen molar-refractivity contribution in [2.75, 3.05) is 25.4 Å². The van der Waals surface area contributed by atoms with Crippen LogP contribution in [0.2, 0.25) is 10.0 Å². The van der Waals surface area contributed by atoms with E-state index in [0.29, 0.717) is 23.1 Å². The molecule has 1 amide bonds. The molecule has 1 aliphatic heterocycles. The maximum Gasteiger partial charge on any atom is 0.224 e. The Hall–Kier alpha value is -1.14. The molecule has 1 N–H and O–H groups in total. The van der Waals surface area contributed by atoms with Gasteiger partial charge in [-0.2, -0.15) is 11.8 Å². The highest BCUT2D eigenvalue weighted by Gasteiger charge is 2.26. The Bertz CT molecular complexity index is 719. The number of furan rings is 1. The molecule has 1 aromatic heterocycles. The van der Waals surface area contributed by atoms with Crippen LogP contribution < -0.4 is 5.32 Å². The van der Waals surface area contributed by atoms with Gasteiger partial charge in [0.2, 0.25) is 5.91 Å². The van der Waals surface area contributed by atoms with Crippen molar-refractivity contribution in [1.29, 1.82) is 0 Å². The summed E-state index contributed by atoms with van der Waals surface area (Å²) in [5, 5.41) is 4.44. The van der Waals surface area contributed by atoms with Gasteiger partial charge in [0.1, 0.15) is 5.76 Å². The Morgan fingerprint density at radius 2 is 2.07 bits per heavy atom. The van der Waals surface area contributed by atoms with Crippen LogP contribution in [0.5, 0.6) is 0 Å². The summed E-state index contributed by atoms with van der Waals surface area (Å²) in [6.45, 7) is 3.07. The molecular formula is C20H24Cl2N2O2S. The number of thioether (sulfide) groups is 1. The third-order valence-electron chi connectivity index (χ3n) is 4.69. The van der Waals surface area contributed by atoms with Gasteiger partial charge in [-0.3, -0.25) is 9.69 Å². The molecule has 1 fully saturated rings. The lowest BCUT2D eigenvalue weighted by atomic mass is 9.96. The van der Waals surface area contributed by atoms with Crippen molar-refractivity contribution >= 4 is 40.9 Å². The van der Waals surface area contributed by atoms with Crippen molar-refractivity contribution in [1.82, 2.24) is 10.2 Å². The standard InChI is InChI=1S/C20H24Cl2N2O2S/c21-18-6-1-7-19(22)17(18)13-24-9-2-4-15(12-24)20(25)23-8-11-27-14-16-5-3-10-26-16/h1,3,5-7,10,15H,2,4,8-9,11-14H2,(H,23,25). The van der Waals surface area contributed by atoms with Crippen LogP contribution in [0.25, 0.3) is 0 Å². The molecule has 2 heterocycles. The van der Waals surface area contributed by atoms with Crippen LogP contribution in [0, 0.1) is 5.92 Å². The van der Waals surface area contributed by atoms with Crippen molar-refractivity contribution in [2.45, 2.75) is 25.1 Å². The van der Waals surface area contributed by atoms with Gasteiger partial charge < -0.3 is 9.73 Å². The highest BCUT2D eigenvalue weighted by atomic mass is 35.5. The summed E-state index contributed by atoms with van der Waals surface area (Å²) in [5.41, 5.74) is 0.941. The summed E-state index contributed by atoms with van der Waals surface area (Å²) in [6.07, 6.45) is 3.62. The third kappa shape index (κ3) is 6.18. The largest absolute Gasteiger partial charge is 0.468 e. The molecule has 0 spiro atoms. The fourth-order valence-corrected chi connectivity index (χ4v) is 4.55. The molecule has 0 saturated carbocycles. The zero-order valence-corrected chi connectivity index (χ0v) is 17.5. The second-order valence-electron chi connectivity index (χ2n) is 6.70. The summed E-state index contributed by atoms with van der Waals surface area (Å²) in [4.78, 5) is 14.8. The van der Waals surface area contributed by atoms with Crippen molar-refractivity contribution in [3.63, 3.8) is 0 Å². The first-order valence-electron chi connectivity index (χ1n) is 9.16. The lowest BCUT2D eigenvalue weighted by molar-refractivity contribution is -0.126. The monoisotopic (exact) mass is 426 g/mol. The molecule has 3 rings (SSSR count). The summed E-state index contributed by atoms with van der Waals surface area (Å²) >= 11 is 14.3. The lowest BCUT2D eigenvalue weighted by Crippen LogP contribution is -2.43.